The largest absolute Gasteiger partial charge is 0.383 e. The van der Waals surface area contributed by atoms with Gasteiger partial charge in [-0.05, 0) is 30.7 Å². The van der Waals surface area contributed by atoms with Crippen LogP contribution in [-0.4, -0.2) is 33.0 Å². The van der Waals surface area contributed by atoms with Gasteiger partial charge in [0.05, 0.1) is 19.8 Å². The van der Waals surface area contributed by atoms with Gasteiger partial charge in [0.25, 0.3) is 0 Å². The molecule has 1 N–H and O–H groups in total. The van der Waals surface area contributed by atoms with E-state index in [0.29, 0.717) is 26.4 Å². The smallest absolute Gasteiger partial charge is 0.123 e. The molecule has 0 fully saturated rings. The van der Waals surface area contributed by atoms with Crippen molar-refractivity contribution >= 4 is 5.69 Å². The van der Waals surface area contributed by atoms with Gasteiger partial charge in [0.1, 0.15) is 5.82 Å². The molecule has 1 aromatic carbocycles. The normalized spacial score (nSPS) is 10.5. The third kappa shape index (κ3) is 6.92. The van der Waals surface area contributed by atoms with Gasteiger partial charge >= 0.3 is 0 Å². The van der Waals surface area contributed by atoms with Crippen LogP contribution in [0.1, 0.15) is 13.3 Å². The molecule has 0 unspecified atom stereocenters. The zero-order valence-corrected chi connectivity index (χ0v) is 10.2. The van der Waals surface area contributed by atoms with E-state index in [1.807, 2.05) is 0 Å². The Hall–Kier alpha value is -1.13. The first kappa shape index (κ1) is 13.9. The second-order valence-electron chi connectivity index (χ2n) is 3.66. The first-order valence-corrected chi connectivity index (χ1v) is 5.98. The van der Waals surface area contributed by atoms with Crippen LogP contribution in [0.5, 0.6) is 0 Å². The number of hydrogen-bond acceptors (Lipinski definition) is 3. The van der Waals surface area contributed by atoms with Crippen LogP contribution in [0, 0.1) is 5.82 Å². The van der Waals surface area contributed by atoms with E-state index in [1.54, 1.807) is 12.1 Å². The highest BCUT2D eigenvalue weighted by Gasteiger charge is 1.93. The molecule has 0 spiro atoms. The first-order chi connectivity index (χ1) is 8.33. The van der Waals surface area contributed by atoms with Gasteiger partial charge in [-0.1, -0.05) is 6.92 Å². The van der Waals surface area contributed by atoms with Crippen molar-refractivity contribution in [3.63, 3.8) is 0 Å². The minimum atomic E-state index is -0.222. The van der Waals surface area contributed by atoms with Crippen LogP contribution in [0.15, 0.2) is 24.3 Å². The molecule has 0 bridgehead atoms. The average Bonchev–Trinajstić information content (AvgIpc) is 2.35. The molecule has 0 amide bonds. The highest BCUT2D eigenvalue weighted by Crippen LogP contribution is 2.07. The monoisotopic (exact) mass is 241 g/mol. The van der Waals surface area contributed by atoms with Gasteiger partial charge in [0, 0.05) is 18.8 Å². The topological polar surface area (TPSA) is 30.5 Å². The Kier molecular flexibility index (Phi) is 7.34. The molecule has 0 aliphatic carbocycles. The predicted octanol–water partition coefficient (Wildman–Crippen LogP) is 2.68. The van der Waals surface area contributed by atoms with E-state index >= 15 is 0 Å². The van der Waals surface area contributed by atoms with Crippen LogP contribution < -0.4 is 5.32 Å². The molecule has 0 radical (unpaired) electrons. The molecule has 0 saturated heterocycles. The molecule has 0 aliphatic heterocycles. The Morgan fingerprint density at radius 2 is 1.65 bits per heavy atom. The lowest BCUT2D eigenvalue weighted by molar-refractivity contribution is 0.0519. The molecule has 17 heavy (non-hydrogen) atoms. The van der Waals surface area contributed by atoms with Gasteiger partial charge in [-0.2, -0.15) is 0 Å². The van der Waals surface area contributed by atoms with Crippen LogP contribution in [0.2, 0.25) is 0 Å². The summed E-state index contributed by atoms with van der Waals surface area (Å²) in [4.78, 5) is 0. The SMILES string of the molecule is CCCOCCOCCNc1ccc(F)cc1. The zero-order chi connectivity index (χ0) is 12.3. The molecule has 0 heterocycles. The first-order valence-electron chi connectivity index (χ1n) is 5.98. The Morgan fingerprint density at radius 3 is 2.29 bits per heavy atom. The lowest BCUT2D eigenvalue weighted by atomic mass is 10.3. The van der Waals surface area contributed by atoms with Crippen molar-refractivity contribution in [2.24, 2.45) is 0 Å². The van der Waals surface area contributed by atoms with Gasteiger partial charge in [-0.15, -0.1) is 0 Å². The van der Waals surface area contributed by atoms with Crippen molar-refractivity contribution in [3.05, 3.63) is 30.1 Å². The predicted molar refractivity (Wildman–Crippen MR) is 66.8 cm³/mol. The molecule has 4 heteroatoms. The minimum absolute atomic E-state index is 0.222. The third-order valence-corrected chi connectivity index (χ3v) is 2.14. The number of halogens is 1. The maximum absolute atomic E-state index is 12.6. The quantitative estimate of drug-likeness (QED) is 0.674. The summed E-state index contributed by atoms with van der Waals surface area (Å²) in [5.74, 6) is -0.222. The molecule has 0 saturated carbocycles. The lowest BCUT2D eigenvalue weighted by Crippen LogP contribution is -2.12. The standard InChI is InChI=1S/C13H20FNO2/c1-2-8-16-10-11-17-9-7-15-13-5-3-12(14)4-6-13/h3-6,15H,2,7-11H2,1H3. The van der Waals surface area contributed by atoms with E-state index in [9.17, 15) is 4.39 Å². The maximum Gasteiger partial charge on any atom is 0.123 e. The summed E-state index contributed by atoms with van der Waals surface area (Å²) in [7, 11) is 0. The molecule has 1 aromatic rings. The highest BCUT2D eigenvalue weighted by atomic mass is 19.1. The number of hydrogen-bond donors (Lipinski definition) is 1. The van der Waals surface area contributed by atoms with E-state index in [2.05, 4.69) is 12.2 Å². The maximum atomic E-state index is 12.6. The Balaban J connectivity index is 1.95. The summed E-state index contributed by atoms with van der Waals surface area (Å²) in [6.45, 7) is 5.45. The summed E-state index contributed by atoms with van der Waals surface area (Å²) in [5.41, 5.74) is 0.900. The van der Waals surface area contributed by atoms with Gasteiger partial charge < -0.3 is 14.8 Å². The average molecular weight is 241 g/mol. The number of anilines is 1. The summed E-state index contributed by atoms with van der Waals surface area (Å²) in [6, 6.07) is 6.28. The zero-order valence-electron chi connectivity index (χ0n) is 10.2. The summed E-state index contributed by atoms with van der Waals surface area (Å²) in [5, 5.41) is 3.14. The second kappa shape index (κ2) is 8.96. The van der Waals surface area contributed by atoms with Gasteiger partial charge in [-0.3, -0.25) is 0 Å². The van der Waals surface area contributed by atoms with Crippen LogP contribution in [0.4, 0.5) is 10.1 Å². The molecule has 1 rings (SSSR count). The molecule has 0 aromatic heterocycles. The second-order valence-corrected chi connectivity index (χ2v) is 3.66. The fourth-order valence-corrected chi connectivity index (χ4v) is 1.30. The van der Waals surface area contributed by atoms with Crippen LogP contribution in [0.25, 0.3) is 0 Å². The van der Waals surface area contributed by atoms with Crippen LogP contribution >= 0.6 is 0 Å². The Morgan fingerprint density at radius 1 is 1.00 bits per heavy atom. The van der Waals surface area contributed by atoms with Gasteiger partial charge in [0.15, 0.2) is 0 Å². The minimum Gasteiger partial charge on any atom is -0.383 e. The Labute approximate surface area is 102 Å². The Bertz CT molecular complexity index is 290. The molecule has 3 nitrogen and oxygen atoms in total. The van der Waals surface area contributed by atoms with Crippen molar-refractivity contribution in [3.8, 4) is 0 Å². The van der Waals surface area contributed by atoms with Gasteiger partial charge in [-0.25, -0.2) is 4.39 Å². The van der Waals surface area contributed by atoms with E-state index in [0.717, 1.165) is 18.7 Å². The van der Waals surface area contributed by atoms with E-state index in [4.69, 9.17) is 9.47 Å². The third-order valence-electron chi connectivity index (χ3n) is 2.14. The van der Waals surface area contributed by atoms with E-state index in [1.165, 1.54) is 12.1 Å². The van der Waals surface area contributed by atoms with Crippen molar-refractivity contribution < 1.29 is 13.9 Å². The van der Waals surface area contributed by atoms with E-state index in [-0.39, 0.29) is 5.82 Å². The van der Waals surface area contributed by atoms with Crippen LogP contribution in [-0.2, 0) is 9.47 Å². The van der Waals surface area contributed by atoms with Crippen molar-refractivity contribution in [1.82, 2.24) is 0 Å². The summed E-state index contributed by atoms with van der Waals surface area (Å²) >= 11 is 0. The number of nitrogens with one attached hydrogen (secondary N) is 1. The van der Waals surface area contributed by atoms with E-state index < -0.39 is 0 Å². The fraction of sp³-hybridized carbons (Fsp3) is 0.538. The number of rotatable bonds is 9. The molecule has 96 valence electrons. The fourth-order valence-electron chi connectivity index (χ4n) is 1.30. The molecule has 0 atom stereocenters. The molecule has 0 aliphatic rings. The summed E-state index contributed by atoms with van der Waals surface area (Å²) < 4.78 is 23.2. The number of ether oxygens (including phenoxy) is 2. The van der Waals surface area contributed by atoms with Crippen LogP contribution in [0.3, 0.4) is 0 Å². The highest BCUT2D eigenvalue weighted by molar-refractivity contribution is 5.42. The van der Waals surface area contributed by atoms with Crippen molar-refractivity contribution in [2.45, 2.75) is 13.3 Å². The summed E-state index contributed by atoms with van der Waals surface area (Å²) in [6.07, 6.45) is 1.03. The number of benzene rings is 1. The molecular formula is C13H20FNO2. The van der Waals surface area contributed by atoms with Gasteiger partial charge in [0.2, 0.25) is 0 Å². The lowest BCUT2D eigenvalue weighted by Gasteiger charge is -2.07. The van der Waals surface area contributed by atoms with Crippen molar-refractivity contribution in [2.75, 3.05) is 38.3 Å². The molecular weight excluding hydrogens is 221 g/mol. The van der Waals surface area contributed by atoms with Crippen molar-refractivity contribution in [1.29, 1.82) is 0 Å².